The van der Waals surface area contributed by atoms with Crippen molar-refractivity contribution in [2.45, 2.75) is 30.7 Å². The van der Waals surface area contributed by atoms with Crippen molar-refractivity contribution >= 4 is 15.8 Å². The first kappa shape index (κ1) is 19.3. The van der Waals surface area contributed by atoms with E-state index in [0.29, 0.717) is 36.3 Å². The first-order valence-corrected chi connectivity index (χ1v) is 10.2. The van der Waals surface area contributed by atoms with Gasteiger partial charge >= 0.3 is 0 Å². The quantitative estimate of drug-likeness (QED) is 0.563. The van der Waals surface area contributed by atoms with Crippen LogP contribution in [0.4, 0.5) is 0 Å². The maximum absolute atomic E-state index is 13.1. The molecule has 2 aromatic rings. The molecule has 27 heavy (non-hydrogen) atoms. The molecule has 1 heterocycles. The fourth-order valence-corrected chi connectivity index (χ4v) is 4.99. The van der Waals surface area contributed by atoms with Gasteiger partial charge in [0.05, 0.1) is 18.0 Å². The van der Waals surface area contributed by atoms with Crippen LogP contribution in [0.15, 0.2) is 65.6 Å². The summed E-state index contributed by atoms with van der Waals surface area (Å²) in [4.78, 5) is 13.1. The largest absolute Gasteiger partial charge is 0.497 e. The van der Waals surface area contributed by atoms with Gasteiger partial charge in [0, 0.05) is 17.7 Å². The average Bonchev–Trinajstić information content (AvgIpc) is 3.18. The lowest BCUT2D eigenvalue weighted by Crippen LogP contribution is -2.38. The third kappa shape index (κ3) is 3.82. The van der Waals surface area contributed by atoms with Gasteiger partial charge in [-0.25, -0.2) is 8.42 Å². The van der Waals surface area contributed by atoms with E-state index in [1.807, 2.05) is 6.92 Å². The first-order chi connectivity index (χ1) is 12.8. The number of aryl methyl sites for hydroxylation is 1. The van der Waals surface area contributed by atoms with E-state index in [4.69, 9.17) is 4.74 Å². The molecule has 0 bridgehead atoms. The average molecular weight is 385 g/mol. The number of carbonyl (C=O) groups excluding carboxylic acids is 1. The minimum atomic E-state index is -3.68. The molecule has 0 aromatic heterocycles. The Balaban J connectivity index is 1.85. The third-order valence-corrected chi connectivity index (χ3v) is 6.80. The molecule has 0 saturated carbocycles. The maximum Gasteiger partial charge on any atom is 0.243 e. The van der Waals surface area contributed by atoms with Gasteiger partial charge in [-0.1, -0.05) is 24.3 Å². The van der Waals surface area contributed by atoms with Crippen molar-refractivity contribution in [1.29, 1.82) is 0 Å². The fraction of sp³-hybridized carbons (Fsp3) is 0.286. The summed E-state index contributed by atoms with van der Waals surface area (Å²) in [7, 11) is -2.12. The minimum absolute atomic E-state index is 0.240. The van der Waals surface area contributed by atoms with Gasteiger partial charge in [-0.05, 0) is 56.2 Å². The van der Waals surface area contributed by atoms with E-state index in [-0.39, 0.29) is 10.7 Å². The molecule has 0 amide bonds. The van der Waals surface area contributed by atoms with Gasteiger partial charge in [-0.15, -0.1) is 0 Å². The second-order valence-corrected chi connectivity index (χ2v) is 8.56. The molecule has 5 nitrogen and oxygen atoms in total. The molecule has 0 N–H and O–H groups in total. The van der Waals surface area contributed by atoms with Gasteiger partial charge < -0.3 is 4.74 Å². The minimum Gasteiger partial charge on any atom is -0.497 e. The van der Waals surface area contributed by atoms with Crippen LogP contribution < -0.4 is 4.74 Å². The van der Waals surface area contributed by atoms with Gasteiger partial charge in [0.1, 0.15) is 5.75 Å². The summed E-state index contributed by atoms with van der Waals surface area (Å²) in [6.07, 6.45) is 1.29. The Hall–Kier alpha value is -2.44. The van der Waals surface area contributed by atoms with Gasteiger partial charge in [-0.3, -0.25) is 4.79 Å². The second kappa shape index (κ2) is 7.66. The highest BCUT2D eigenvalue weighted by atomic mass is 32.2. The van der Waals surface area contributed by atoms with Gasteiger partial charge in [0.25, 0.3) is 0 Å². The number of rotatable bonds is 6. The highest BCUT2D eigenvalue weighted by Gasteiger charge is 2.38. The number of hydrogen-bond acceptors (Lipinski definition) is 4. The summed E-state index contributed by atoms with van der Waals surface area (Å²) in [6, 6.07) is 13.0. The predicted molar refractivity (Wildman–Crippen MR) is 105 cm³/mol. The molecular weight excluding hydrogens is 362 g/mol. The van der Waals surface area contributed by atoms with Crippen molar-refractivity contribution in [2.75, 3.05) is 13.7 Å². The number of ketones is 1. The number of nitrogens with zero attached hydrogens (tertiary/aromatic N) is 1. The molecule has 1 unspecified atom stereocenters. The Labute approximate surface area is 160 Å². The molecule has 1 aliphatic rings. The number of sulfonamides is 1. The van der Waals surface area contributed by atoms with Gasteiger partial charge in [0.15, 0.2) is 5.78 Å². The lowest BCUT2D eigenvalue weighted by Gasteiger charge is -2.25. The van der Waals surface area contributed by atoms with Crippen molar-refractivity contribution in [1.82, 2.24) is 4.31 Å². The Morgan fingerprint density at radius 1 is 1.11 bits per heavy atom. The molecule has 3 rings (SSSR count). The summed E-state index contributed by atoms with van der Waals surface area (Å²) in [6.45, 7) is 6.23. The van der Waals surface area contributed by atoms with Crippen molar-refractivity contribution in [3.05, 3.63) is 71.8 Å². The Kier molecular flexibility index (Phi) is 5.48. The molecular formula is C21H23NO4S. The standard InChI is InChI=1S/C21H23NO4S/c1-15-6-12-19(13-7-15)27(24,25)22-14-4-5-20(22)16(2)21(23)17-8-10-18(26-3)11-9-17/h6-13,20H,2,4-5,14H2,1,3H3. The smallest absolute Gasteiger partial charge is 0.243 e. The Morgan fingerprint density at radius 3 is 2.33 bits per heavy atom. The summed E-state index contributed by atoms with van der Waals surface area (Å²) in [5.41, 5.74) is 1.76. The van der Waals surface area contributed by atoms with E-state index in [0.717, 1.165) is 5.56 Å². The number of hydrogen-bond donors (Lipinski definition) is 0. The van der Waals surface area contributed by atoms with Crippen LogP contribution in [0.25, 0.3) is 0 Å². The molecule has 0 radical (unpaired) electrons. The molecule has 2 aromatic carbocycles. The van der Waals surface area contributed by atoms with E-state index in [1.54, 1.807) is 55.6 Å². The van der Waals surface area contributed by atoms with Crippen molar-refractivity contribution in [3.8, 4) is 5.75 Å². The lowest BCUT2D eigenvalue weighted by atomic mass is 9.97. The lowest BCUT2D eigenvalue weighted by molar-refractivity contribution is 0.102. The fourth-order valence-electron chi connectivity index (χ4n) is 3.30. The summed E-state index contributed by atoms with van der Waals surface area (Å²) >= 11 is 0. The topological polar surface area (TPSA) is 63.7 Å². The van der Waals surface area contributed by atoms with E-state index in [9.17, 15) is 13.2 Å². The molecule has 142 valence electrons. The highest BCUT2D eigenvalue weighted by Crippen LogP contribution is 2.31. The maximum atomic E-state index is 13.1. The molecule has 1 aliphatic heterocycles. The van der Waals surface area contributed by atoms with Crippen molar-refractivity contribution in [3.63, 3.8) is 0 Å². The van der Waals surface area contributed by atoms with Crippen LogP contribution in [-0.4, -0.2) is 38.2 Å². The molecule has 1 fully saturated rings. The molecule has 6 heteroatoms. The Bertz CT molecular complexity index is 947. The van der Waals surface area contributed by atoms with Crippen LogP contribution in [0.1, 0.15) is 28.8 Å². The second-order valence-electron chi connectivity index (χ2n) is 6.67. The van der Waals surface area contributed by atoms with Crippen LogP contribution >= 0.6 is 0 Å². The number of carbonyl (C=O) groups is 1. The van der Waals surface area contributed by atoms with Crippen LogP contribution in [0, 0.1) is 6.92 Å². The van der Waals surface area contributed by atoms with Crippen LogP contribution in [0.3, 0.4) is 0 Å². The van der Waals surface area contributed by atoms with E-state index in [1.165, 1.54) is 4.31 Å². The molecule has 1 saturated heterocycles. The van der Waals surface area contributed by atoms with E-state index < -0.39 is 16.1 Å². The number of ether oxygens (including phenoxy) is 1. The Morgan fingerprint density at radius 2 is 1.74 bits per heavy atom. The predicted octanol–water partition coefficient (Wildman–Crippen LogP) is 3.60. The van der Waals surface area contributed by atoms with Gasteiger partial charge in [0.2, 0.25) is 10.0 Å². The summed E-state index contributed by atoms with van der Waals surface area (Å²) in [5.74, 6) is 0.412. The normalized spacial score (nSPS) is 17.6. The zero-order valence-corrected chi connectivity index (χ0v) is 16.3. The van der Waals surface area contributed by atoms with E-state index >= 15 is 0 Å². The monoisotopic (exact) mass is 385 g/mol. The first-order valence-electron chi connectivity index (χ1n) is 8.80. The third-order valence-electron chi connectivity index (χ3n) is 4.88. The molecule has 1 atom stereocenters. The zero-order valence-electron chi connectivity index (χ0n) is 15.5. The SMILES string of the molecule is C=C(C(=O)c1ccc(OC)cc1)C1CCCN1S(=O)(=O)c1ccc(C)cc1. The molecule has 0 spiro atoms. The van der Waals surface area contributed by atoms with E-state index in [2.05, 4.69) is 6.58 Å². The molecule has 0 aliphatic carbocycles. The summed E-state index contributed by atoms with van der Waals surface area (Å²) in [5, 5.41) is 0. The summed E-state index contributed by atoms with van der Waals surface area (Å²) < 4.78 is 32.6. The number of Topliss-reactive ketones (excluding diaryl/α,β-unsaturated/α-hetero) is 1. The van der Waals surface area contributed by atoms with Crippen LogP contribution in [0.5, 0.6) is 5.75 Å². The van der Waals surface area contributed by atoms with Crippen molar-refractivity contribution < 1.29 is 17.9 Å². The van der Waals surface area contributed by atoms with Crippen LogP contribution in [0.2, 0.25) is 0 Å². The van der Waals surface area contributed by atoms with Gasteiger partial charge in [-0.2, -0.15) is 4.31 Å². The highest BCUT2D eigenvalue weighted by molar-refractivity contribution is 7.89. The zero-order chi connectivity index (χ0) is 19.6. The number of methoxy groups -OCH3 is 1. The van der Waals surface area contributed by atoms with Crippen molar-refractivity contribution in [2.24, 2.45) is 0 Å². The number of benzene rings is 2. The van der Waals surface area contributed by atoms with Crippen LogP contribution in [-0.2, 0) is 10.0 Å².